The number of aromatic nitrogens is 5. The van der Waals surface area contributed by atoms with E-state index in [9.17, 15) is 4.79 Å². The molecule has 1 fully saturated rings. The van der Waals surface area contributed by atoms with Crippen molar-refractivity contribution >= 4 is 11.7 Å². The molecule has 1 saturated heterocycles. The van der Waals surface area contributed by atoms with Gasteiger partial charge in [-0.25, -0.2) is 19.6 Å². The molecule has 0 aliphatic carbocycles. The number of carbonyl (C=O) groups excluding carboxylic acids is 1. The van der Waals surface area contributed by atoms with Crippen molar-refractivity contribution in [3.63, 3.8) is 0 Å². The Bertz CT molecular complexity index is 698. The molecule has 2 aromatic heterocycles. The Kier molecular flexibility index (Phi) is 6.08. The van der Waals surface area contributed by atoms with Gasteiger partial charge < -0.3 is 19.7 Å². The molecule has 0 bridgehead atoms. The molecule has 0 radical (unpaired) electrons. The molecule has 26 heavy (non-hydrogen) atoms. The maximum atomic E-state index is 12.3. The van der Waals surface area contributed by atoms with Gasteiger partial charge in [0.25, 0.3) is 0 Å². The monoisotopic (exact) mass is 361 g/mol. The van der Waals surface area contributed by atoms with Gasteiger partial charge >= 0.3 is 0 Å². The highest BCUT2D eigenvalue weighted by Gasteiger charge is 2.26. The molecule has 0 atom stereocenters. The lowest BCUT2D eigenvalue weighted by Crippen LogP contribution is -2.43. The predicted octanol–water partition coefficient (Wildman–Crippen LogP) is 0.00880. The highest BCUT2D eigenvalue weighted by molar-refractivity contribution is 5.79. The molecule has 0 saturated carbocycles. The van der Waals surface area contributed by atoms with Crippen LogP contribution in [-0.2, 0) is 14.3 Å². The van der Waals surface area contributed by atoms with Gasteiger partial charge in [0, 0.05) is 39.3 Å². The van der Waals surface area contributed by atoms with Gasteiger partial charge in [-0.1, -0.05) is 0 Å². The normalized spacial score (nSPS) is 15.4. The fourth-order valence-corrected chi connectivity index (χ4v) is 2.92. The van der Waals surface area contributed by atoms with Crippen molar-refractivity contribution in [3.8, 4) is 5.82 Å². The number of methoxy groups -OCH3 is 2. The number of hydrogen-bond donors (Lipinski definition) is 1. The Morgan fingerprint density at radius 3 is 2.62 bits per heavy atom. The van der Waals surface area contributed by atoms with Crippen molar-refractivity contribution in [1.82, 2.24) is 30.0 Å². The Morgan fingerprint density at radius 1 is 1.23 bits per heavy atom. The molecule has 140 valence electrons. The van der Waals surface area contributed by atoms with E-state index in [1.807, 2.05) is 6.07 Å². The maximum absolute atomic E-state index is 12.3. The number of carbonyl (C=O) groups is 1. The van der Waals surface area contributed by atoms with E-state index in [0.29, 0.717) is 12.4 Å². The molecular weight excluding hydrogens is 338 g/mol. The van der Waals surface area contributed by atoms with Crippen molar-refractivity contribution in [3.05, 3.63) is 25.0 Å². The molecule has 0 aromatic carbocycles. The van der Waals surface area contributed by atoms with Gasteiger partial charge in [0.1, 0.15) is 24.8 Å². The topological polar surface area (TPSA) is 107 Å². The fourth-order valence-electron chi connectivity index (χ4n) is 2.92. The zero-order valence-electron chi connectivity index (χ0n) is 14.9. The summed E-state index contributed by atoms with van der Waals surface area (Å²) in [5.74, 6) is 1.51. The molecule has 0 spiro atoms. The average molecular weight is 361 g/mol. The summed E-state index contributed by atoms with van der Waals surface area (Å²) in [7, 11) is 3.10. The largest absolute Gasteiger partial charge is 0.356 e. The summed E-state index contributed by atoms with van der Waals surface area (Å²) < 4.78 is 11.8. The van der Waals surface area contributed by atoms with Gasteiger partial charge in [-0.05, 0) is 12.8 Å². The van der Waals surface area contributed by atoms with Crippen molar-refractivity contribution < 1.29 is 14.3 Å². The fraction of sp³-hybridized carbons (Fsp3) is 0.562. The second-order valence-electron chi connectivity index (χ2n) is 5.98. The van der Waals surface area contributed by atoms with Crippen molar-refractivity contribution in [1.29, 1.82) is 0 Å². The summed E-state index contributed by atoms with van der Waals surface area (Å²) in [6.45, 7) is 1.85. The molecular formula is C16H23N7O3. The molecule has 1 amide bonds. The molecule has 2 aromatic rings. The van der Waals surface area contributed by atoms with Crippen LogP contribution in [0.5, 0.6) is 0 Å². The number of nitrogens with zero attached hydrogens (tertiary/aromatic N) is 6. The molecule has 3 rings (SSSR count). The number of hydrogen-bond acceptors (Lipinski definition) is 8. The van der Waals surface area contributed by atoms with E-state index in [2.05, 4.69) is 30.3 Å². The summed E-state index contributed by atoms with van der Waals surface area (Å²) in [5.41, 5.74) is 0. The smallest absolute Gasteiger partial charge is 0.223 e. The van der Waals surface area contributed by atoms with Gasteiger partial charge in [-0.15, -0.1) is 0 Å². The Labute approximate surface area is 151 Å². The Morgan fingerprint density at radius 2 is 1.96 bits per heavy atom. The highest BCUT2D eigenvalue weighted by Crippen LogP contribution is 2.22. The lowest BCUT2D eigenvalue weighted by molar-refractivity contribution is -0.131. The minimum absolute atomic E-state index is 0.0164. The van der Waals surface area contributed by atoms with E-state index in [4.69, 9.17) is 9.47 Å². The third kappa shape index (κ3) is 4.33. The lowest BCUT2D eigenvalue weighted by atomic mass is 9.96. The Hall–Kier alpha value is -2.59. The number of nitrogens with one attached hydrogen (secondary N) is 1. The van der Waals surface area contributed by atoms with E-state index in [0.717, 1.165) is 31.7 Å². The lowest BCUT2D eigenvalue weighted by Gasteiger charge is -2.32. The first-order chi connectivity index (χ1) is 12.7. The third-order valence-electron chi connectivity index (χ3n) is 4.45. The van der Waals surface area contributed by atoms with Crippen molar-refractivity contribution in [2.24, 2.45) is 5.92 Å². The number of rotatable bonds is 7. The van der Waals surface area contributed by atoms with Crippen LogP contribution in [-0.4, -0.2) is 70.8 Å². The Balaban J connectivity index is 1.54. The summed E-state index contributed by atoms with van der Waals surface area (Å²) in [4.78, 5) is 26.9. The summed E-state index contributed by atoms with van der Waals surface area (Å²) in [6.07, 6.45) is 5.67. The van der Waals surface area contributed by atoms with Crippen LogP contribution in [0.25, 0.3) is 5.82 Å². The van der Waals surface area contributed by atoms with Crippen LogP contribution in [0.2, 0.25) is 0 Å². The van der Waals surface area contributed by atoms with Crippen LogP contribution in [0.4, 0.5) is 5.82 Å². The van der Waals surface area contributed by atoms with E-state index in [-0.39, 0.29) is 11.8 Å². The molecule has 10 nitrogen and oxygen atoms in total. The first kappa shape index (κ1) is 18.2. The first-order valence-corrected chi connectivity index (χ1v) is 8.46. The van der Waals surface area contributed by atoms with E-state index in [1.54, 1.807) is 25.2 Å². The van der Waals surface area contributed by atoms with Crippen LogP contribution < -0.4 is 10.2 Å². The zero-order valence-corrected chi connectivity index (χ0v) is 14.9. The van der Waals surface area contributed by atoms with Crippen LogP contribution in [0.15, 0.2) is 25.0 Å². The average Bonchev–Trinajstić information content (AvgIpc) is 3.24. The van der Waals surface area contributed by atoms with Crippen molar-refractivity contribution in [2.45, 2.75) is 19.1 Å². The quantitative estimate of drug-likeness (QED) is 0.687. The summed E-state index contributed by atoms with van der Waals surface area (Å²) in [5, 5.41) is 6.96. The number of piperidine rings is 1. The summed E-state index contributed by atoms with van der Waals surface area (Å²) in [6, 6.07) is 1.87. The number of anilines is 1. The van der Waals surface area contributed by atoms with Gasteiger partial charge in [0.2, 0.25) is 5.91 Å². The molecule has 1 aliphatic heterocycles. The van der Waals surface area contributed by atoms with Crippen LogP contribution >= 0.6 is 0 Å². The minimum atomic E-state index is -0.421. The molecule has 10 heteroatoms. The molecule has 1 N–H and O–H groups in total. The van der Waals surface area contributed by atoms with E-state index in [1.165, 1.54) is 12.7 Å². The van der Waals surface area contributed by atoms with Crippen LogP contribution in [0.1, 0.15) is 12.8 Å². The van der Waals surface area contributed by atoms with Crippen molar-refractivity contribution in [2.75, 3.05) is 38.8 Å². The molecule has 3 heterocycles. The minimum Gasteiger partial charge on any atom is -0.356 e. The van der Waals surface area contributed by atoms with E-state index >= 15 is 0 Å². The van der Waals surface area contributed by atoms with E-state index < -0.39 is 6.29 Å². The van der Waals surface area contributed by atoms with Gasteiger partial charge in [-0.3, -0.25) is 4.79 Å². The number of ether oxygens (including phenoxy) is 2. The number of amides is 1. The molecule has 0 unspecified atom stereocenters. The molecule has 1 aliphatic rings. The van der Waals surface area contributed by atoms with Gasteiger partial charge in [0.05, 0.1) is 6.54 Å². The maximum Gasteiger partial charge on any atom is 0.223 e. The second kappa shape index (κ2) is 8.68. The van der Waals surface area contributed by atoms with Crippen LogP contribution in [0, 0.1) is 5.92 Å². The second-order valence-corrected chi connectivity index (χ2v) is 5.98. The third-order valence-corrected chi connectivity index (χ3v) is 4.45. The van der Waals surface area contributed by atoms with Gasteiger partial charge in [0.15, 0.2) is 12.1 Å². The van der Waals surface area contributed by atoms with Crippen LogP contribution in [0.3, 0.4) is 0 Å². The zero-order chi connectivity index (χ0) is 18.4. The SMILES string of the molecule is COC(CNC(=O)C1CCN(c2cc(-n3cncn3)ncn2)CC1)OC. The van der Waals surface area contributed by atoms with Gasteiger partial charge in [-0.2, -0.15) is 5.10 Å². The summed E-state index contributed by atoms with van der Waals surface area (Å²) >= 11 is 0. The standard InChI is InChI=1S/C16H23N7O3/c1-25-15(26-2)8-18-16(24)12-3-5-22(6-4-12)13-7-14(20-10-19-13)23-11-17-9-21-23/h7,9-12,15H,3-6,8H2,1-2H3,(H,18,24). The highest BCUT2D eigenvalue weighted by atomic mass is 16.7. The first-order valence-electron chi connectivity index (χ1n) is 8.46. The predicted molar refractivity (Wildman–Crippen MR) is 92.7 cm³/mol.